The van der Waals surface area contributed by atoms with Crippen molar-refractivity contribution in [3.05, 3.63) is 216 Å². The first-order valence-corrected chi connectivity index (χ1v) is 41.8. The Morgan fingerprint density at radius 1 is 0.374 bits per heavy atom. The number of hydrogen-bond donors (Lipinski definition) is 11. The number of ether oxygens (including phenoxy) is 1. The number of carbonyl (C=O) groups is 10. The molecular formula is C88H127N7O16P4. The minimum atomic E-state index is -0.899. The first kappa shape index (κ1) is 102. The van der Waals surface area contributed by atoms with Crippen LogP contribution in [0.15, 0.2) is 193 Å². The first-order chi connectivity index (χ1) is 55.3. The highest BCUT2D eigenvalue weighted by Crippen LogP contribution is 2.49. The monoisotopic (exact) mass is 1660 g/mol. The summed E-state index contributed by atoms with van der Waals surface area (Å²) < 4.78 is 8.38. The summed E-state index contributed by atoms with van der Waals surface area (Å²) in [5.41, 5.74) is 5.10. The topological polar surface area (TPSA) is 377 Å². The van der Waals surface area contributed by atoms with Crippen LogP contribution in [-0.2, 0) is 85.4 Å². The predicted molar refractivity (Wildman–Crippen MR) is 465 cm³/mol. The molecule has 5 fully saturated rings. The van der Waals surface area contributed by atoms with Gasteiger partial charge in [-0.2, -0.15) is 9.90 Å². The Bertz CT molecular complexity index is 3580. The molecule has 4 saturated carbocycles. The zero-order chi connectivity index (χ0) is 84.2. The number of carboxylic acids is 5. The lowest BCUT2D eigenvalue weighted by molar-refractivity contribution is -0.149. The molecule has 27 heteroatoms. The normalized spacial score (nSPS) is 23.3. The van der Waals surface area contributed by atoms with Crippen molar-refractivity contribution in [1.29, 1.82) is 5.16 Å². The van der Waals surface area contributed by atoms with Crippen LogP contribution >= 0.6 is 37.2 Å². The third kappa shape index (κ3) is 35.6. The third-order valence-corrected chi connectivity index (χ3v) is 20.6. The summed E-state index contributed by atoms with van der Waals surface area (Å²) >= 11 is 0. The van der Waals surface area contributed by atoms with Gasteiger partial charge in [0.05, 0.1) is 59.2 Å². The van der Waals surface area contributed by atoms with E-state index in [9.17, 15) is 58.2 Å². The fraction of sp³-hybridized carbons (Fsp3) is 0.477. The lowest BCUT2D eigenvalue weighted by Gasteiger charge is -2.27. The zero-order valence-electron chi connectivity index (χ0n) is 67.5. The van der Waals surface area contributed by atoms with Crippen LogP contribution in [0.4, 0.5) is 0 Å². The van der Waals surface area contributed by atoms with Gasteiger partial charge in [-0.05, 0) is 140 Å². The van der Waals surface area contributed by atoms with E-state index in [0.29, 0.717) is 71.2 Å². The van der Waals surface area contributed by atoms with E-state index in [1.54, 1.807) is 7.05 Å². The van der Waals surface area contributed by atoms with Gasteiger partial charge in [-0.15, -0.1) is 9.24 Å². The van der Waals surface area contributed by atoms with Crippen LogP contribution in [-0.4, -0.2) is 112 Å². The molecule has 1 saturated heterocycles. The van der Waals surface area contributed by atoms with Crippen LogP contribution in [0.25, 0.3) is 0 Å². The molecule has 11 N–H and O–H groups in total. The lowest BCUT2D eigenvalue weighted by Crippen LogP contribution is -2.39. The average molecular weight is 1660 g/mol. The minimum absolute atomic E-state index is 0. The van der Waals surface area contributed by atoms with Crippen molar-refractivity contribution in [2.24, 2.45) is 87.6 Å². The van der Waals surface area contributed by atoms with E-state index in [1.807, 2.05) is 222 Å². The van der Waals surface area contributed by atoms with E-state index in [1.165, 1.54) is 19.3 Å². The Labute approximate surface area is 691 Å². The molecule has 115 heavy (non-hydrogen) atoms. The Hall–Kier alpha value is -8.96. The third-order valence-electron chi connectivity index (χ3n) is 20.6. The molecular weight excluding hydrogens is 1530 g/mol. The smallest absolute Gasteiger partial charge is 0.307 e. The van der Waals surface area contributed by atoms with Crippen molar-refractivity contribution in [1.82, 2.24) is 26.6 Å². The number of allylic oxidation sites excluding steroid dienone is 6. The number of nitrogens with zero attached hydrogens (tertiary/aromatic N) is 1. The van der Waals surface area contributed by atoms with Crippen molar-refractivity contribution in [3.8, 4) is 0 Å². The summed E-state index contributed by atoms with van der Waals surface area (Å²) in [5.74, 6) is -9.70. The molecule has 630 valence electrons. The molecule has 13 rings (SSSR count). The highest BCUT2D eigenvalue weighted by atomic mass is 31.0. The predicted octanol–water partition coefficient (Wildman–Crippen LogP) is 15.9. The number of hydrogen-bond acceptors (Lipinski definition) is 13. The number of carbonyl (C=O) groups excluding carboxylic acids is 5. The van der Waals surface area contributed by atoms with Crippen LogP contribution in [0, 0.1) is 88.0 Å². The summed E-state index contributed by atoms with van der Waals surface area (Å²) in [4.78, 5) is 117. The Morgan fingerprint density at radius 2 is 0.609 bits per heavy atom. The molecule has 1 heterocycles. The Kier molecular flexibility index (Phi) is 53.0. The Morgan fingerprint density at radius 3 is 0.843 bits per heavy atom. The maximum atomic E-state index is 12.3. The van der Waals surface area contributed by atoms with E-state index < -0.39 is 77.2 Å². The summed E-state index contributed by atoms with van der Waals surface area (Å²) in [7, 11) is 9.11. The number of carboxylic acid groups (broad SMARTS) is 5. The van der Waals surface area contributed by atoms with Gasteiger partial charge in [0, 0.05) is 54.4 Å². The molecule has 1 aliphatic heterocycles. The van der Waals surface area contributed by atoms with E-state index in [-0.39, 0.29) is 76.4 Å². The van der Waals surface area contributed by atoms with Gasteiger partial charge in [-0.1, -0.05) is 248 Å². The van der Waals surface area contributed by atoms with Crippen molar-refractivity contribution < 1.29 is 79.6 Å². The molecule has 0 aromatic heterocycles. The molecule has 4 bridgehead atoms. The highest BCUT2D eigenvalue weighted by Gasteiger charge is 2.53. The van der Waals surface area contributed by atoms with Crippen LogP contribution in [0.1, 0.15) is 153 Å². The molecule has 5 aromatic carbocycles. The van der Waals surface area contributed by atoms with Gasteiger partial charge in [0.2, 0.25) is 29.5 Å². The number of benzene rings is 5. The average Bonchev–Trinajstić information content (AvgIpc) is 1.62. The van der Waals surface area contributed by atoms with E-state index in [0.717, 1.165) is 79.6 Å². The fourth-order valence-corrected chi connectivity index (χ4v) is 15.1. The maximum Gasteiger partial charge on any atom is 0.307 e. The van der Waals surface area contributed by atoms with Crippen molar-refractivity contribution in [2.75, 3.05) is 26.9 Å². The number of rotatable bonds is 20. The van der Waals surface area contributed by atoms with Gasteiger partial charge in [-0.3, -0.25) is 57.9 Å². The molecule has 23 nitrogen and oxygen atoms in total. The van der Waals surface area contributed by atoms with Gasteiger partial charge in [0.25, 0.3) is 0 Å². The minimum Gasteiger partial charge on any atom is -0.481 e. The van der Waals surface area contributed by atoms with Gasteiger partial charge < -0.3 is 56.9 Å². The van der Waals surface area contributed by atoms with Crippen molar-refractivity contribution >= 4 is 96.6 Å². The molecule has 7 aliphatic carbocycles. The van der Waals surface area contributed by atoms with E-state index >= 15 is 0 Å². The second kappa shape index (κ2) is 59.7. The summed E-state index contributed by atoms with van der Waals surface area (Å²) in [6, 6.07) is 48.1. The molecule has 0 radical (unpaired) electrons. The number of aliphatic carboxylic acids is 5. The maximum absolute atomic E-state index is 12.3. The number of amides is 5. The molecule has 16 atom stereocenters. The first-order valence-electron chi connectivity index (χ1n) is 39.7. The Balaban J connectivity index is 0.000000687. The van der Waals surface area contributed by atoms with E-state index in [2.05, 4.69) is 58.6 Å². The van der Waals surface area contributed by atoms with Gasteiger partial charge in [-0.25, -0.2) is 0 Å². The summed E-state index contributed by atoms with van der Waals surface area (Å²) in [5, 5.41) is 65.9. The second-order valence-electron chi connectivity index (χ2n) is 27.8. The van der Waals surface area contributed by atoms with Crippen molar-refractivity contribution in [2.45, 2.75) is 157 Å². The second-order valence-corrected chi connectivity index (χ2v) is 28.2. The number of nitrogens with one attached hydrogen (secondary N) is 6. The molecule has 8 aliphatic rings. The van der Waals surface area contributed by atoms with Gasteiger partial charge >= 0.3 is 29.8 Å². The standard InChI is InChI=1S/2C16H17NO3.2C15H19NO3.C15H17NO3.C5H10O.2C2H6.CH4NP.CH5P.H2NP.H3P.H2/c2*18-15(17-9-10-4-2-1-3-5-10)13-11-6-7-12(8-11)14(13)16(19)20;3*17-14(16-10-11-6-2-1-3-7-11)12-8-4-5-9-13(12)15(18)19;1-2-4-6-5-3-1;2*1-2;1-2-3;2*1-2;;/h2*1-7,11-14H,8-9H2,(H,17,18)(H,19,20);2*1-3,6-7,12-13H,4-5,8-10H2,(H,16,17)(H,18,19);1-7,12-13H,8-10H2,(H,16,17)(H,18,19);1-5H2;2*1-2H3;3H,1H3;2H2,1H3;1-2H;1H3;1H. The molecule has 5 aromatic rings. The highest BCUT2D eigenvalue weighted by molar-refractivity contribution is 7.15. The quantitative estimate of drug-likeness (QED) is 0.0255. The fourth-order valence-electron chi connectivity index (χ4n) is 15.1. The largest absolute Gasteiger partial charge is 0.481 e. The van der Waals surface area contributed by atoms with Gasteiger partial charge in [0.1, 0.15) is 0 Å². The number of fused-ring (bicyclic) bond motifs is 4. The van der Waals surface area contributed by atoms with Crippen LogP contribution < -0.4 is 26.6 Å². The molecule has 5 amide bonds. The zero-order valence-corrected chi connectivity index (χ0v) is 72.1. The van der Waals surface area contributed by atoms with Crippen molar-refractivity contribution in [3.63, 3.8) is 0 Å². The molecule has 16 unspecified atom stereocenters. The van der Waals surface area contributed by atoms with Crippen LogP contribution in [0.2, 0.25) is 0 Å². The van der Waals surface area contributed by atoms with Crippen LogP contribution in [0.3, 0.4) is 0 Å². The van der Waals surface area contributed by atoms with Crippen LogP contribution in [0.5, 0.6) is 0 Å². The SMILES string of the molecule is C1CCOCC1.CC.CC.CN=P.CP.N=P.O=C(O)C1C2C=CC(C2)C1C(=O)NCc1ccccc1.O=C(O)C1C2C=CC(C2)C1C(=O)NCc1ccccc1.O=C(O)C1CC=CCC1C(=O)NCc1ccccc1.O=C(O)C1CCCCC1C(=O)NCc1ccccc1.O=C(O)C1CCCCC1C(=O)NCc1ccccc1.P.[HH]. The summed E-state index contributed by atoms with van der Waals surface area (Å²) in [6.45, 7) is 14.2. The lowest BCUT2D eigenvalue weighted by atomic mass is 9.78. The van der Waals surface area contributed by atoms with E-state index in [4.69, 9.17) is 25.2 Å². The summed E-state index contributed by atoms with van der Waals surface area (Å²) in [6.07, 6.45) is 24.3. The van der Waals surface area contributed by atoms with Gasteiger partial charge in [0.15, 0.2) is 0 Å². The molecule has 0 spiro atoms.